The number of benzene rings is 2. The molecular weight excluding hydrogens is 415 g/mol. The first kappa shape index (κ1) is 24.7. The van der Waals surface area contributed by atoms with Crippen molar-refractivity contribution in [2.24, 2.45) is 0 Å². The third-order valence-corrected chi connectivity index (χ3v) is 5.82. The first-order valence-electron chi connectivity index (χ1n) is 10.5. The fourth-order valence-corrected chi connectivity index (χ4v) is 4.04. The molecule has 1 atom stereocenters. The number of carbonyl (C=O) groups excluding carboxylic acids is 2. The maximum atomic E-state index is 13.2. The van der Waals surface area contributed by atoms with Gasteiger partial charge in [0.25, 0.3) is 0 Å². The zero-order chi connectivity index (χ0) is 22.6. The van der Waals surface area contributed by atoms with E-state index in [4.69, 9.17) is 4.74 Å². The van der Waals surface area contributed by atoms with E-state index in [1.54, 1.807) is 24.1 Å². The SMILES string of the molecule is CCCNC(=O)C(CC)N(Cc1cccc(OC)c1)C(=O)CSCc1ccc(F)cc1. The molecular formula is C24H31FN2O3S. The molecule has 0 aliphatic rings. The van der Waals surface area contributed by atoms with E-state index in [0.29, 0.717) is 31.0 Å². The van der Waals surface area contributed by atoms with E-state index in [2.05, 4.69) is 5.32 Å². The van der Waals surface area contributed by atoms with Gasteiger partial charge in [0.05, 0.1) is 12.9 Å². The first-order chi connectivity index (χ1) is 15.0. The molecule has 2 amide bonds. The third kappa shape index (κ3) is 7.90. The van der Waals surface area contributed by atoms with Crippen LogP contribution in [0, 0.1) is 5.82 Å². The summed E-state index contributed by atoms with van der Waals surface area (Å²) in [5.41, 5.74) is 1.85. The molecule has 0 aliphatic carbocycles. The number of rotatable bonds is 12. The van der Waals surface area contributed by atoms with Crippen LogP contribution in [0.3, 0.4) is 0 Å². The van der Waals surface area contributed by atoms with E-state index in [1.807, 2.05) is 38.1 Å². The Labute approximate surface area is 188 Å². The van der Waals surface area contributed by atoms with Crippen molar-refractivity contribution in [3.05, 3.63) is 65.5 Å². The molecule has 0 bridgehead atoms. The van der Waals surface area contributed by atoms with Crippen molar-refractivity contribution in [2.45, 2.75) is 45.0 Å². The molecule has 31 heavy (non-hydrogen) atoms. The second-order valence-corrected chi connectivity index (χ2v) is 8.19. The topological polar surface area (TPSA) is 58.6 Å². The predicted molar refractivity (Wildman–Crippen MR) is 123 cm³/mol. The third-order valence-electron chi connectivity index (χ3n) is 4.83. The molecule has 0 fully saturated rings. The van der Waals surface area contributed by atoms with Gasteiger partial charge < -0.3 is 15.0 Å². The van der Waals surface area contributed by atoms with Gasteiger partial charge in [-0.1, -0.05) is 38.1 Å². The Hall–Kier alpha value is -2.54. The van der Waals surface area contributed by atoms with Gasteiger partial charge in [-0.2, -0.15) is 0 Å². The van der Waals surface area contributed by atoms with Crippen LogP contribution in [0.1, 0.15) is 37.8 Å². The van der Waals surface area contributed by atoms with Crippen molar-refractivity contribution < 1.29 is 18.7 Å². The van der Waals surface area contributed by atoms with Crippen LogP contribution in [-0.2, 0) is 21.9 Å². The standard InChI is InChI=1S/C24H31FN2O3S/c1-4-13-26-24(29)22(5-2)27(15-19-7-6-8-21(14-19)30-3)23(28)17-31-16-18-9-11-20(25)12-10-18/h6-12,14,22H,4-5,13,15-17H2,1-3H3,(H,26,29). The van der Waals surface area contributed by atoms with Crippen LogP contribution in [0.2, 0.25) is 0 Å². The number of carbonyl (C=O) groups is 2. The smallest absolute Gasteiger partial charge is 0.242 e. The Morgan fingerprint density at radius 2 is 1.87 bits per heavy atom. The molecule has 0 heterocycles. The van der Waals surface area contributed by atoms with Crippen molar-refractivity contribution in [3.63, 3.8) is 0 Å². The maximum absolute atomic E-state index is 13.2. The lowest BCUT2D eigenvalue weighted by Gasteiger charge is -2.30. The van der Waals surface area contributed by atoms with Gasteiger partial charge in [0.15, 0.2) is 0 Å². The minimum Gasteiger partial charge on any atom is -0.497 e. The molecule has 2 aromatic carbocycles. The van der Waals surface area contributed by atoms with Crippen molar-refractivity contribution in [2.75, 3.05) is 19.4 Å². The average Bonchev–Trinajstić information content (AvgIpc) is 2.78. The normalized spacial score (nSPS) is 11.6. The van der Waals surface area contributed by atoms with Gasteiger partial charge in [0.1, 0.15) is 17.6 Å². The molecule has 0 aromatic heterocycles. The van der Waals surface area contributed by atoms with Gasteiger partial charge in [0.2, 0.25) is 11.8 Å². The van der Waals surface area contributed by atoms with Gasteiger partial charge in [0, 0.05) is 18.8 Å². The highest BCUT2D eigenvalue weighted by Crippen LogP contribution is 2.20. The molecule has 2 rings (SSSR count). The Balaban J connectivity index is 2.12. The largest absolute Gasteiger partial charge is 0.497 e. The van der Waals surface area contributed by atoms with E-state index in [-0.39, 0.29) is 23.4 Å². The van der Waals surface area contributed by atoms with Crippen LogP contribution in [0.4, 0.5) is 4.39 Å². The Kier molecular flexibility index (Phi) is 10.4. The van der Waals surface area contributed by atoms with Crippen LogP contribution in [0.5, 0.6) is 5.75 Å². The molecule has 0 saturated heterocycles. The molecule has 1 N–H and O–H groups in total. The number of nitrogens with zero attached hydrogens (tertiary/aromatic N) is 1. The van der Waals surface area contributed by atoms with Crippen LogP contribution < -0.4 is 10.1 Å². The van der Waals surface area contributed by atoms with E-state index in [0.717, 1.165) is 17.5 Å². The number of amides is 2. The van der Waals surface area contributed by atoms with Crippen molar-refractivity contribution in [1.82, 2.24) is 10.2 Å². The van der Waals surface area contributed by atoms with Crippen molar-refractivity contribution in [3.8, 4) is 5.75 Å². The number of thioether (sulfide) groups is 1. The summed E-state index contributed by atoms with van der Waals surface area (Å²) in [6.45, 7) is 4.81. The highest BCUT2D eigenvalue weighted by molar-refractivity contribution is 7.99. The van der Waals surface area contributed by atoms with Crippen LogP contribution in [0.25, 0.3) is 0 Å². The first-order valence-corrected chi connectivity index (χ1v) is 11.7. The van der Waals surface area contributed by atoms with E-state index >= 15 is 0 Å². The average molecular weight is 447 g/mol. The van der Waals surface area contributed by atoms with Crippen LogP contribution in [0.15, 0.2) is 48.5 Å². The van der Waals surface area contributed by atoms with Crippen LogP contribution >= 0.6 is 11.8 Å². The number of methoxy groups -OCH3 is 1. The molecule has 7 heteroatoms. The number of halogens is 1. The highest BCUT2D eigenvalue weighted by atomic mass is 32.2. The summed E-state index contributed by atoms with van der Waals surface area (Å²) in [7, 11) is 1.60. The van der Waals surface area contributed by atoms with Gasteiger partial charge >= 0.3 is 0 Å². The minimum atomic E-state index is -0.545. The van der Waals surface area contributed by atoms with Crippen molar-refractivity contribution in [1.29, 1.82) is 0 Å². The molecule has 2 aromatic rings. The second-order valence-electron chi connectivity index (χ2n) is 7.21. The predicted octanol–water partition coefficient (Wildman–Crippen LogP) is 4.40. The monoisotopic (exact) mass is 446 g/mol. The van der Waals surface area contributed by atoms with Crippen molar-refractivity contribution >= 4 is 23.6 Å². The number of ether oxygens (including phenoxy) is 1. The fraction of sp³-hybridized carbons (Fsp3) is 0.417. The Bertz CT molecular complexity index is 845. The summed E-state index contributed by atoms with van der Waals surface area (Å²) in [4.78, 5) is 27.6. The summed E-state index contributed by atoms with van der Waals surface area (Å²) in [5.74, 6) is 1.02. The molecule has 5 nitrogen and oxygen atoms in total. The minimum absolute atomic E-state index is 0.103. The van der Waals surface area contributed by atoms with E-state index < -0.39 is 6.04 Å². The summed E-state index contributed by atoms with van der Waals surface area (Å²) in [6.07, 6.45) is 1.35. The quantitative estimate of drug-likeness (QED) is 0.525. The Morgan fingerprint density at radius 3 is 2.52 bits per heavy atom. The van der Waals surface area contributed by atoms with Gasteiger partial charge in [-0.25, -0.2) is 4.39 Å². The second kappa shape index (κ2) is 13.0. The van der Waals surface area contributed by atoms with Gasteiger partial charge in [-0.15, -0.1) is 11.8 Å². The Morgan fingerprint density at radius 1 is 1.13 bits per heavy atom. The highest BCUT2D eigenvalue weighted by Gasteiger charge is 2.28. The van der Waals surface area contributed by atoms with Crippen LogP contribution in [-0.4, -0.2) is 42.2 Å². The lowest BCUT2D eigenvalue weighted by molar-refractivity contribution is -0.139. The number of nitrogens with one attached hydrogen (secondary N) is 1. The summed E-state index contributed by atoms with van der Waals surface area (Å²) >= 11 is 1.45. The fourth-order valence-electron chi connectivity index (χ4n) is 3.17. The molecule has 0 radical (unpaired) electrons. The zero-order valence-corrected chi connectivity index (χ0v) is 19.2. The molecule has 1 unspecified atom stereocenters. The number of hydrogen-bond donors (Lipinski definition) is 1. The van der Waals surface area contributed by atoms with E-state index in [9.17, 15) is 14.0 Å². The molecule has 0 saturated carbocycles. The van der Waals surface area contributed by atoms with Gasteiger partial charge in [-0.05, 0) is 48.2 Å². The summed E-state index contributed by atoms with van der Waals surface area (Å²) in [5, 5.41) is 2.91. The number of hydrogen-bond acceptors (Lipinski definition) is 4. The summed E-state index contributed by atoms with van der Waals surface area (Å²) < 4.78 is 18.4. The van der Waals surface area contributed by atoms with E-state index in [1.165, 1.54) is 23.9 Å². The molecule has 168 valence electrons. The van der Waals surface area contributed by atoms with Gasteiger partial charge in [-0.3, -0.25) is 9.59 Å². The molecule has 0 spiro atoms. The summed E-state index contributed by atoms with van der Waals surface area (Å²) in [6, 6.07) is 13.2. The lowest BCUT2D eigenvalue weighted by Crippen LogP contribution is -2.49. The lowest BCUT2D eigenvalue weighted by atomic mass is 10.1. The molecule has 0 aliphatic heterocycles. The maximum Gasteiger partial charge on any atom is 0.242 e. The zero-order valence-electron chi connectivity index (χ0n) is 18.4.